The predicted molar refractivity (Wildman–Crippen MR) is 114 cm³/mol. The third kappa shape index (κ3) is 3.68. The van der Waals surface area contributed by atoms with Gasteiger partial charge in [-0.1, -0.05) is 28.1 Å². The first kappa shape index (κ1) is 17.9. The van der Waals surface area contributed by atoms with Crippen molar-refractivity contribution in [2.24, 2.45) is 0 Å². The van der Waals surface area contributed by atoms with Crippen LogP contribution in [0.25, 0.3) is 21.6 Å². The van der Waals surface area contributed by atoms with Crippen molar-refractivity contribution in [1.82, 2.24) is 9.97 Å². The van der Waals surface area contributed by atoms with Crippen molar-refractivity contribution in [1.29, 1.82) is 0 Å². The zero-order valence-corrected chi connectivity index (χ0v) is 17.3. The molecule has 6 heteroatoms. The Morgan fingerprint density at radius 3 is 2.48 bits per heavy atom. The molecule has 27 heavy (non-hydrogen) atoms. The van der Waals surface area contributed by atoms with Gasteiger partial charge in [-0.15, -0.1) is 11.3 Å². The fourth-order valence-electron chi connectivity index (χ4n) is 2.85. The molecule has 0 radical (unpaired) electrons. The highest BCUT2D eigenvalue weighted by Crippen LogP contribution is 2.28. The minimum Gasteiger partial charge on any atom is -0.489 e. The third-order valence-corrected chi connectivity index (χ3v) is 6.12. The molecule has 0 unspecified atom stereocenters. The number of benzene rings is 2. The van der Waals surface area contributed by atoms with Crippen molar-refractivity contribution < 1.29 is 4.74 Å². The molecule has 4 rings (SSSR count). The molecule has 136 valence electrons. The van der Waals surface area contributed by atoms with E-state index in [9.17, 15) is 4.79 Å². The van der Waals surface area contributed by atoms with E-state index in [4.69, 9.17) is 4.74 Å². The van der Waals surface area contributed by atoms with E-state index in [2.05, 4.69) is 25.9 Å². The van der Waals surface area contributed by atoms with Crippen molar-refractivity contribution in [2.75, 3.05) is 0 Å². The SMILES string of the molecule is Cc1sc2nc(-c3ccc(OCc4ccc(Br)cc4)cc3)[nH]c(=O)c2c1C. The Balaban J connectivity index is 1.56. The Bertz CT molecular complexity index is 1160. The number of fused-ring (bicyclic) bond motifs is 1. The molecule has 0 saturated carbocycles. The molecule has 2 aromatic heterocycles. The molecule has 1 N–H and O–H groups in total. The Hall–Kier alpha value is -2.44. The van der Waals surface area contributed by atoms with Crippen LogP contribution >= 0.6 is 27.3 Å². The van der Waals surface area contributed by atoms with Crippen LogP contribution in [0.4, 0.5) is 0 Å². The Kier molecular flexibility index (Phi) is 4.85. The number of thiophene rings is 1. The van der Waals surface area contributed by atoms with Crippen LogP contribution in [0.3, 0.4) is 0 Å². The molecule has 0 saturated heterocycles. The molecule has 0 bridgehead atoms. The van der Waals surface area contributed by atoms with Crippen LogP contribution in [0.2, 0.25) is 0 Å². The first-order valence-corrected chi connectivity index (χ1v) is 10.1. The fraction of sp³-hybridized carbons (Fsp3) is 0.143. The quantitative estimate of drug-likeness (QED) is 0.448. The number of halogens is 1. The maximum atomic E-state index is 12.4. The summed E-state index contributed by atoms with van der Waals surface area (Å²) in [5.74, 6) is 1.35. The summed E-state index contributed by atoms with van der Waals surface area (Å²) >= 11 is 4.98. The van der Waals surface area contributed by atoms with Gasteiger partial charge in [0.1, 0.15) is 23.0 Å². The number of ether oxygens (including phenoxy) is 1. The minimum absolute atomic E-state index is 0.0904. The van der Waals surface area contributed by atoms with E-state index in [0.717, 1.165) is 36.6 Å². The van der Waals surface area contributed by atoms with Crippen molar-refractivity contribution in [2.45, 2.75) is 20.5 Å². The Labute approximate surface area is 169 Å². The lowest BCUT2D eigenvalue weighted by atomic mass is 10.2. The topological polar surface area (TPSA) is 55.0 Å². The van der Waals surface area contributed by atoms with E-state index in [0.29, 0.717) is 17.8 Å². The number of aromatic amines is 1. The van der Waals surface area contributed by atoms with Gasteiger partial charge >= 0.3 is 0 Å². The molecule has 0 aliphatic carbocycles. The zero-order chi connectivity index (χ0) is 19.0. The van der Waals surface area contributed by atoms with Crippen LogP contribution in [-0.2, 0) is 6.61 Å². The number of aromatic nitrogens is 2. The molecule has 4 aromatic rings. The minimum atomic E-state index is -0.0904. The number of aryl methyl sites for hydroxylation is 2. The van der Waals surface area contributed by atoms with Gasteiger partial charge in [0, 0.05) is 14.9 Å². The average molecular weight is 441 g/mol. The van der Waals surface area contributed by atoms with Crippen LogP contribution < -0.4 is 10.3 Å². The van der Waals surface area contributed by atoms with Gasteiger partial charge in [0.05, 0.1) is 5.39 Å². The summed E-state index contributed by atoms with van der Waals surface area (Å²) in [6, 6.07) is 15.6. The predicted octanol–water partition coefficient (Wildman–Crippen LogP) is 5.61. The average Bonchev–Trinajstić information content (AvgIpc) is 2.96. The van der Waals surface area contributed by atoms with Crippen LogP contribution in [0.5, 0.6) is 5.75 Å². The molecule has 2 aromatic carbocycles. The number of H-pyrrole nitrogens is 1. The monoisotopic (exact) mass is 440 g/mol. The second-order valence-corrected chi connectivity index (χ2v) is 8.44. The molecule has 0 aliphatic heterocycles. The summed E-state index contributed by atoms with van der Waals surface area (Å²) in [5.41, 5.74) is 2.87. The first-order chi connectivity index (χ1) is 13.0. The van der Waals surface area contributed by atoms with Gasteiger partial charge in [-0.25, -0.2) is 4.98 Å². The van der Waals surface area contributed by atoms with Gasteiger partial charge in [-0.05, 0) is 61.4 Å². The molecular formula is C21H17BrN2O2S. The number of nitrogens with one attached hydrogen (secondary N) is 1. The molecule has 2 heterocycles. The van der Waals surface area contributed by atoms with Crippen molar-refractivity contribution in [3.8, 4) is 17.1 Å². The molecule has 4 nitrogen and oxygen atoms in total. The summed E-state index contributed by atoms with van der Waals surface area (Å²) in [6.07, 6.45) is 0. The molecular weight excluding hydrogens is 424 g/mol. The van der Waals surface area contributed by atoms with Crippen molar-refractivity contribution >= 4 is 37.5 Å². The molecule has 0 aliphatic rings. The van der Waals surface area contributed by atoms with E-state index in [-0.39, 0.29) is 5.56 Å². The lowest BCUT2D eigenvalue weighted by Gasteiger charge is -2.07. The van der Waals surface area contributed by atoms with Gasteiger partial charge in [0.2, 0.25) is 0 Å². The van der Waals surface area contributed by atoms with Crippen LogP contribution in [-0.4, -0.2) is 9.97 Å². The molecule has 0 fully saturated rings. The van der Waals surface area contributed by atoms with E-state index < -0.39 is 0 Å². The summed E-state index contributed by atoms with van der Waals surface area (Å²) < 4.78 is 6.88. The lowest BCUT2D eigenvalue weighted by molar-refractivity contribution is 0.306. The van der Waals surface area contributed by atoms with Crippen molar-refractivity contribution in [3.05, 3.63) is 79.4 Å². The molecule has 0 amide bonds. The summed E-state index contributed by atoms with van der Waals surface area (Å²) in [7, 11) is 0. The van der Waals surface area contributed by atoms with Gasteiger partial charge in [-0.2, -0.15) is 0 Å². The highest BCUT2D eigenvalue weighted by molar-refractivity contribution is 9.10. The normalized spacial score (nSPS) is 11.1. The van der Waals surface area contributed by atoms with Gasteiger partial charge < -0.3 is 9.72 Å². The highest BCUT2D eigenvalue weighted by atomic mass is 79.9. The third-order valence-electron chi connectivity index (χ3n) is 4.49. The lowest BCUT2D eigenvalue weighted by Crippen LogP contribution is -2.09. The standard InChI is InChI=1S/C21H17BrN2O2S/c1-12-13(2)27-21-18(12)20(25)23-19(24-21)15-5-9-17(10-6-15)26-11-14-3-7-16(22)8-4-14/h3-10H,11H2,1-2H3,(H,23,24,25). The maximum absolute atomic E-state index is 12.4. The number of nitrogens with zero attached hydrogens (tertiary/aromatic N) is 1. The second-order valence-electron chi connectivity index (χ2n) is 6.32. The summed E-state index contributed by atoms with van der Waals surface area (Å²) in [6.45, 7) is 4.47. The maximum Gasteiger partial charge on any atom is 0.260 e. The van der Waals surface area contributed by atoms with Crippen LogP contribution in [0, 0.1) is 13.8 Å². The van der Waals surface area contributed by atoms with Crippen LogP contribution in [0.1, 0.15) is 16.0 Å². The number of hydrogen-bond acceptors (Lipinski definition) is 4. The number of hydrogen-bond donors (Lipinski definition) is 1. The van der Waals surface area contributed by atoms with Crippen molar-refractivity contribution in [3.63, 3.8) is 0 Å². The first-order valence-electron chi connectivity index (χ1n) is 8.49. The molecule has 0 spiro atoms. The van der Waals surface area contributed by atoms with E-state index in [1.54, 1.807) is 11.3 Å². The van der Waals surface area contributed by atoms with Gasteiger partial charge in [0.25, 0.3) is 5.56 Å². The summed E-state index contributed by atoms with van der Waals surface area (Å²) in [4.78, 5) is 21.9. The van der Waals surface area contributed by atoms with E-state index in [1.807, 2.05) is 62.4 Å². The Morgan fingerprint density at radius 2 is 1.78 bits per heavy atom. The number of rotatable bonds is 4. The van der Waals surface area contributed by atoms with E-state index >= 15 is 0 Å². The Morgan fingerprint density at radius 1 is 1.07 bits per heavy atom. The van der Waals surface area contributed by atoms with Gasteiger partial charge in [0.15, 0.2) is 0 Å². The summed E-state index contributed by atoms with van der Waals surface area (Å²) in [5, 5.41) is 0.690. The van der Waals surface area contributed by atoms with Crippen LogP contribution in [0.15, 0.2) is 57.8 Å². The molecule has 0 atom stereocenters. The van der Waals surface area contributed by atoms with E-state index in [1.165, 1.54) is 0 Å². The zero-order valence-electron chi connectivity index (χ0n) is 14.9. The van der Waals surface area contributed by atoms with Gasteiger partial charge in [-0.3, -0.25) is 4.79 Å². The highest BCUT2D eigenvalue weighted by Gasteiger charge is 2.12. The fourth-order valence-corrected chi connectivity index (χ4v) is 4.14. The largest absolute Gasteiger partial charge is 0.489 e. The second kappa shape index (κ2) is 7.29. The smallest absolute Gasteiger partial charge is 0.260 e.